The van der Waals surface area contributed by atoms with Gasteiger partial charge in [-0.15, -0.1) is 0 Å². The molecule has 0 fully saturated rings. The number of carboxylic acid groups (broad SMARTS) is 1. The fourth-order valence-corrected chi connectivity index (χ4v) is 2.58. The predicted octanol–water partition coefficient (Wildman–Crippen LogP) is 0.927. The van der Waals surface area contributed by atoms with E-state index in [1.807, 2.05) is 0 Å². The molecule has 0 heterocycles. The van der Waals surface area contributed by atoms with Gasteiger partial charge >= 0.3 is 12.1 Å². The van der Waals surface area contributed by atoms with Crippen LogP contribution in [-0.4, -0.2) is 31.3 Å². The second-order valence-corrected chi connectivity index (χ2v) is 6.49. The largest absolute Gasteiger partial charge is 0.480 e. The van der Waals surface area contributed by atoms with Gasteiger partial charge in [-0.2, -0.15) is 13.2 Å². The summed E-state index contributed by atoms with van der Waals surface area (Å²) in [6, 6.07) is 2.74. The van der Waals surface area contributed by atoms with E-state index in [-0.39, 0.29) is 13.0 Å². The topological polar surface area (TPSA) is 109 Å². The first-order valence-electron chi connectivity index (χ1n) is 6.13. The van der Waals surface area contributed by atoms with Gasteiger partial charge in [-0.3, -0.25) is 4.79 Å². The van der Waals surface area contributed by atoms with E-state index < -0.39 is 39.5 Å². The van der Waals surface area contributed by atoms with Gasteiger partial charge in [-0.25, -0.2) is 13.1 Å². The summed E-state index contributed by atoms with van der Waals surface area (Å²) < 4.78 is 62.5. The predicted molar refractivity (Wildman–Crippen MR) is 72.3 cm³/mol. The average molecular weight is 340 g/mol. The van der Waals surface area contributed by atoms with E-state index in [1.54, 1.807) is 0 Å². The Balaban J connectivity index is 2.56. The van der Waals surface area contributed by atoms with Crippen LogP contribution >= 0.6 is 0 Å². The summed E-state index contributed by atoms with van der Waals surface area (Å²) >= 11 is 0. The van der Waals surface area contributed by atoms with Crippen LogP contribution in [0.1, 0.15) is 17.5 Å². The van der Waals surface area contributed by atoms with E-state index in [1.165, 1.54) is 0 Å². The molecule has 0 bridgehead atoms. The van der Waals surface area contributed by atoms with Crippen LogP contribution in [0.25, 0.3) is 0 Å². The molecule has 22 heavy (non-hydrogen) atoms. The second-order valence-electron chi connectivity index (χ2n) is 4.57. The Hall–Kier alpha value is -1.65. The van der Waals surface area contributed by atoms with Crippen LogP contribution in [0.2, 0.25) is 0 Å². The van der Waals surface area contributed by atoms with Crippen molar-refractivity contribution in [2.45, 2.75) is 25.2 Å². The lowest BCUT2D eigenvalue weighted by Crippen LogP contribution is -2.35. The average Bonchev–Trinajstić information content (AvgIpc) is 2.42. The van der Waals surface area contributed by atoms with Gasteiger partial charge in [-0.05, 0) is 24.1 Å². The highest BCUT2D eigenvalue weighted by molar-refractivity contribution is 7.89. The monoisotopic (exact) mass is 340 g/mol. The number of hydrogen-bond donors (Lipinski definition) is 3. The highest BCUT2D eigenvalue weighted by Crippen LogP contribution is 2.29. The fourth-order valence-electron chi connectivity index (χ4n) is 1.48. The minimum atomic E-state index is -4.45. The number of nitrogens with one attached hydrogen (secondary N) is 1. The lowest BCUT2D eigenvalue weighted by atomic mass is 10.1. The maximum Gasteiger partial charge on any atom is 0.416 e. The fraction of sp³-hybridized carbons (Fsp3) is 0.417. The first-order chi connectivity index (χ1) is 10.0. The highest BCUT2D eigenvalue weighted by Gasteiger charge is 2.29. The van der Waals surface area contributed by atoms with Crippen LogP contribution in [0, 0.1) is 0 Å². The number of alkyl halides is 3. The van der Waals surface area contributed by atoms with Gasteiger partial charge in [-0.1, -0.05) is 12.1 Å². The first kappa shape index (κ1) is 18.4. The van der Waals surface area contributed by atoms with E-state index in [9.17, 15) is 26.4 Å². The van der Waals surface area contributed by atoms with Crippen LogP contribution in [-0.2, 0) is 27.5 Å². The van der Waals surface area contributed by atoms with Crippen molar-refractivity contribution in [1.29, 1.82) is 0 Å². The Kier molecular flexibility index (Phi) is 5.92. The highest BCUT2D eigenvalue weighted by atomic mass is 32.2. The van der Waals surface area contributed by atoms with Gasteiger partial charge in [0.2, 0.25) is 10.0 Å². The Morgan fingerprint density at radius 2 is 1.82 bits per heavy atom. The number of aliphatic carboxylic acids is 1. The Morgan fingerprint density at radius 3 is 2.27 bits per heavy atom. The molecule has 1 rings (SSSR count). The number of nitrogens with two attached hydrogens (primary N) is 1. The molecule has 1 unspecified atom stereocenters. The number of halogens is 3. The lowest BCUT2D eigenvalue weighted by Gasteiger charge is -2.10. The summed E-state index contributed by atoms with van der Waals surface area (Å²) in [5.41, 5.74) is 4.71. The third-order valence-electron chi connectivity index (χ3n) is 2.79. The molecule has 0 radical (unpaired) electrons. The summed E-state index contributed by atoms with van der Waals surface area (Å²) in [6.45, 7) is -0.192. The van der Waals surface area contributed by atoms with Gasteiger partial charge in [0, 0.05) is 6.54 Å². The normalized spacial score (nSPS) is 13.8. The standard InChI is InChI=1S/C12H15F3N2O4S/c13-12(14,15)9-3-1-8(2-4-9)7-17-22(20,21)6-5-10(16)11(18)19/h1-4,10,17H,5-7,16H2,(H,18,19). The number of carboxylic acids is 1. The van der Waals surface area contributed by atoms with Crippen LogP contribution in [0.3, 0.4) is 0 Å². The molecule has 0 spiro atoms. The summed E-state index contributed by atoms with van der Waals surface area (Å²) in [6.07, 6.45) is -4.72. The number of hydrogen-bond acceptors (Lipinski definition) is 4. The summed E-state index contributed by atoms with van der Waals surface area (Å²) in [5, 5.41) is 8.55. The van der Waals surface area contributed by atoms with Crippen LogP contribution in [0.5, 0.6) is 0 Å². The molecule has 6 nitrogen and oxygen atoms in total. The molecule has 0 aliphatic rings. The van der Waals surface area contributed by atoms with Crippen molar-refractivity contribution in [3.63, 3.8) is 0 Å². The molecule has 0 saturated carbocycles. The molecule has 4 N–H and O–H groups in total. The molecule has 0 saturated heterocycles. The van der Waals surface area contributed by atoms with E-state index >= 15 is 0 Å². The van der Waals surface area contributed by atoms with Crippen molar-refractivity contribution in [1.82, 2.24) is 4.72 Å². The maximum absolute atomic E-state index is 12.4. The molecular formula is C12H15F3N2O4S. The zero-order valence-electron chi connectivity index (χ0n) is 11.3. The summed E-state index contributed by atoms with van der Waals surface area (Å²) in [7, 11) is -3.76. The molecule has 1 aromatic rings. The van der Waals surface area contributed by atoms with E-state index in [0.29, 0.717) is 5.56 Å². The molecular weight excluding hydrogens is 325 g/mol. The Bertz CT molecular complexity index is 614. The quantitative estimate of drug-likeness (QED) is 0.684. The Labute approximate surface area is 125 Å². The van der Waals surface area contributed by atoms with Crippen LogP contribution in [0.4, 0.5) is 13.2 Å². The third-order valence-corrected chi connectivity index (χ3v) is 4.15. The van der Waals surface area contributed by atoms with E-state index in [2.05, 4.69) is 4.72 Å². The van der Waals surface area contributed by atoms with Gasteiger partial charge in [0.1, 0.15) is 6.04 Å². The molecule has 0 aliphatic carbocycles. The number of carbonyl (C=O) groups is 1. The lowest BCUT2D eigenvalue weighted by molar-refractivity contribution is -0.139. The van der Waals surface area contributed by atoms with E-state index in [4.69, 9.17) is 10.8 Å². The van der Waals surface area contributed by atoms with Gasteiger partial charge in [0.25, 0.3) is 0 Å². The van der Waals surface area contributed by atoms with Gasteiger partial charge < -0.3 is 10.8 Å². The van der Waals surface area contributed by atoms with Crippen molar-refractivity contribution in [3.8, 4) is 0 Å². The Morgan fingerprint density at radius 1 is 1.27 bits per heavy atom. The van der Waals surface area contributed by atoms with Crippen molar-refractivity contribution < 1.29 is 31.5 Å². The van der Waals surface area contributed by atoms with Crippen molar-refractivity contribution >= 4 is 16.0 Å². The number of benzene rings is 1. The first-order valence-corrected chi connectivity index (χ1v) is 7.78. The maximum atomic E-state index is 12.4. The van der Waals surface area contributed by atoms with Gasteiger partial charge in [0.05, 0.1) is 11.3 Å². The molecule has 0 aromatic heterocycles. The summed E-state index contributed by atoms with van der Waals surface area (Å²) in [4.78, 5) is 10.5. The van der Waals surface area contributed by atoms with Crippen molar-refractivity contribution in [2.75, 3.05) is 5.75 Å². The number of sulfonamides is 1. The molecule has 10 heteroatoms. The summed E-state index contributed by atoms with van der Waals surface area (Å²) in [5.74, 6) is -1.79. The van der Waals surface area contributed by atoms with E-state index in [0.717, 1.165) is 24.3 Å². The molecule has 124 valence electrons. The molecule has 1 atom stereocenters. The van der Waals surface area contributed by atoms with Crippen LogP contribution in [0.15, 0.2) is 24.3 Å². The number of rotatable bonds is 7. The van der Waals surface area contributed by atoms with Crippen molar-refractivity contribution in [2.24, 2.45) is 5.73 Å². The molecule has 0 aliphatic heterocycles. The molecule has 0 amide bonds. The minimum absolute atomic E-state index is 0.192. The zero-order chi connectivity index (χ0) is 17.0. The SMILES string of the molecule is NC(CCS(=O)(=O)NCc1ccc(C(F)(F)F)cc1)C(=O)O. The molecule has 1 aromatic carbocycles. The second kappa shape index (κ2) is 7.07. The zero-order valence-corrected chi connectivity index (χ0v) is 12.1. The van der Waals surface area contributed by atoms with Gasteiger partial charge in [0.15, 0.2) is 0 Å². The minimum Gasteiger partial charge on any atom is -0.480 e. The smallest absolute Gasteiger partial charge is 0.416 e. The third kappa shape index (κ3) is 6.00. The van der Waals surface area contributed by atoms with Crippen LogP contribution < -0.4 is 10.5 Å². The van der Waals surface area contributed by atoms with Crippen molar-refractivity contribution in [3.05, 3.63) is 35.4 Å².